The van der Waals surface area contributed by atoms with E-state index in [-0.39, 0.29) is 5.82 Å². The molecule has 0 spiro atoms. The van der Waals surface area contributed by atoms with Crippen molar-refractivity contribution in [3.8, 4) is 11.1 Å². The number of aromatic nitrogens is 2. The van der Waals surface area contributed by atoms with Crippen molar-refractivity contribution in [2.24, 2.45) is 5.41 Å². The first-order valence-corrected chi connectivity index (χ1v) is 15.3. The van der Waals surface area contributed by atoms with E-state index in [4.69, 9.17) is 9.72 Å². The molecule has 5 heterocycles. The Balaban J connectivity index is 1.30. The van der Waals surface area contributed by atoms with Gasteiger partial charge in [0, 0.05) is 62.3 Å². The number of anilines is 3. The van der Waals surface area contributed by atoms with Crippen molar-refractivity contribution >= 4 is 17.2 Å². The van der Waals surface area contributed by atoms with Crippen LogP contribution in [-0.2, 0) is 24.1 Å². The number of hydrogen-bond donors (Lipinski definition) is 0. The third-order valence-corrected chi connectivity index (χ3v) is 9.45. The zero-order valence-corrected chi connectivity index (χ0v) is 25.4. The molecule has 2 saturated heterocycles. The molecule has 2 fully saturated rings. The zero-order chi connectivity index (χ0) is 28.7. The molecule has 0 unspecified atom stereocenters. The molecule has 218 valence electrons. The van der Waals surface area contributed by atoms with E-state index in [2.05, 4.69) is 72.5 Å². The summed E-state index contributed by atoms with van der Waals surface area (Å²) in [4.78, 5) is 16.5. The Morgan fingerprint density at radius 3 is 2.39 bits per heavy atom. The number of hydrogen-bond acceptors (Lipinski definition) is 6. The van der Waals surface area contributed by atoms with Crippen LogP contribution in [0.15, 0.2) is 30.5 Å². The van der Waals surface area contributed by atoms with Crippen molar-refractivity contribution in [1.82, 2.24) is 9.97 Å². The maximum Gasteiger partial charge on any atom is 0.164 e. The smallest absolute Gasteiger partial charge is 0.164 e. The van der Waals surface area contributed by atoms with Gasteiger partial charge in [0.05, 0.1) is 30.8 Å². The summed E-state index contributed by atoms with van der Waals surface area (Å²) >= 11 is 0. The predicted octanol–water partition coefficient (Wildman–Crippen LogP) is 6.49. The molecule has 1 aromatic carbocycles. The average molecular weight is 558 g/mol. The summed E-state index contributed by atoms with van der Waals surface area (Å²) in [5.74, 6) is 0.573. The molecule has 2 aromatic heterocycles. The second-order valence-corrected chi connectivity index (χ2v) is 12.7. The number of benzene rings is 1. The minimum atomic E-state index is -0.265. The molecule has 3 aromatic rings. The Kier molecular flexibility index (Phi) is 7.66. The lowest BCUT2D eigenvalue weighted by atomic mass is 9.82. The molecule has 0 radical (unpaired) electrons. The quantitative estimate of drug-likeness (QED) is 0.358. The van der Waals surface area contributed by atoms with E-state index >= 15 is 0 Å². The van der Waals surface area contributed by atoms with Crippen LogP contribution in [0.5, 0.6) is 0 Å². The number of morpholine rings is 1. The Labute approximate surface area is 244 Å². The molecule has 6 rings (SSSR count). The van der Waals surface area contributed by atoms with Crippen LogP contribution in [0, 0.1) is 25.1 Å². The van der Waals surface area contributed by atoms with Crippen LogP contribution in [0.2, 0.25) is 0 Å². The van der Waals surface area contributed by atoms with Crippen molar-refractivity contribution in [3.63, 3.8) is 0 Å². The second-order valence-electron chi connectivity index (χ2n) is 12.7. The lowest BCUT2D eigenvalue weighted by Crippen LogP contribution is -2.38. The standard InChI is InChI=1S/C34H44FN5O/c1-6-28-23(2)37-24(3)32(33(28)39-13-10-34(4,5)11-14-39)26-7-8-27-22-40(12-9-25(27)19-26)31-20-30(29(35)21-36-31)38-15-17-41-18-16-38/h7-8,19-21H,6,9-18,22H2,1-5H3. The van der Waals surface area contributed by atoms with E-state index in [1.54, 1.807) is 0 Å². The van der Waals surface area contributed by atoms with Crippen LogP contribution in [0.3, 0.4) is 0 Å². The minimum Gasteiger partial charge on any atom is -0.378 e. The highest BCUT2D eigenvalue weighted by Gasteiger charge is 2.30. The fourth-order valence-electron chi connectivity index (χ4n) is 6.86. The molecule has 0 atom stereocenters. The second kappa shape index (κ2) is 11.2. The van der Waals surface area contributed by atoms with Crippen LogP contribution in [0.1, 0.15) is 61.7 Å². The average Bonchev–Trinajstić information content (AvgIpc) is 2.97. The molecule has 0 N–H and O–H groups in total. The summed E-state index contributed by atoms with van der Waals surface area (Å²) in [7, 11) is 0. The number of fused-ring (bicyclic) bond motifs is 1. The van der Waals surface area contributed by atoms with Gasteiger partial charge in [0.25, 0.3) is 0 Å². The van der Waals surface area contributed by atoms with Crippen molar-refractivity contribution in [1.29, 1.82) is 0 Å². The zero-order valence-electron chi connectivity index (χ0n) is 25.4. The number of rotatable bonds is 5. The molecule has 0 saturated carbocycles. The summed E-state index contributed by atoms with van der Waals surface area (Å²) in [6.45, 7) is 17.9. The fraction of sp³-hybridized carbons (Fsp3) is 0.529. The SMILES string of the molecule is CCc1c(C)nc(C)c(-c2ccc3c(c2)CCN(c2cc(N4CCOCC4)c(F)cn2)C3)c1N1CCC(C)(C)CC1. The Morgan fingerprint density at radius 1 is 0.902 bits per heavy atom. The molecule has 3 aliphatic heterocycles. The highest BCUT2D eigenvalue weighted by atomic mass is 19.1. The van der Waals surface area contributed by atoms with Gasteiger partial charge in [-0.3, -0.25) is 4.98 Å². The summed E-state index contributed by atoms with van der Waals surface area (Å²) in [6.07, 6.45) is 5.71. The molecule has 0 aliphatic carbocycles. The van der Waals surface area contributed by atoms with Gasteiger partial charge < -0.3 is 19.4 Å². The van der Waals surface area contributed by atoms with Gasteiger partial charge in [-0.1, -0.05) is 39.0 Å². The maximum atomic E-state index is 14.7. The predicted molar refractivity (Wildman–Crippen MR) is 166 cm³/mol. The molecule has 41 heavy (non-hydrogen) atoms. The van der Waals surface area contributed by atoms with Crippen LogP contribution in [0.4, 0.5) is 21.6 Å². The molecule has 3 aliphatic rings. The summed E-state index contributed by atoms with van der Waals surface area (Å²) in [5.41, 5.74) is 11.4. The highest BCUT2D eigenvalue weighted by molar-refractivity contribution is 5.84. The molecule has 0 bridgehead atoms. The molecule has 7 heteroatoms. The van der Waals surface area contributed by atoms with Crippen molar-refractivity contribution in [2.75, 3.05) is 60.6 Å². The summed E-state index contributed by atoms with van der Waals surface area (Å²) in [6, 6.07) is 8.90. The lowest BCUT2D eigenvalue weighted by Gasteiger charge is -2.40. The Morgan fingerprint density at radius 2 is 1.66 bits per heavy atom. The van der Waals surface area contributed by atoms with Gasteiger partial charge in [-0.25, -0.2) is 9.37 Å². The Bertz CT molecular complexity index is 1420. The molecular formula is C34H44FN5O. The first kappa shape index (κ1) is 28.0. The van der Waals surface area contributed by atoms with Crippen molar-refractivity contribution in [3.05, 3.63) is 64.4 Å². The maximum absolute atomic E-state index is 14.7. The van der Waals surface area contributed by atoms with E-state index in [0.29, 0.717) is 37.4 Å². The molecular weight excluding hydrogens is 513 g/mol. The van der Waals surface area contributed by atoms with E-state index in [9.17, 15) is 4.39 Å². The van der Waals surface area contributed by atoms with E-state index in [1.165, 1.54) is 52.5 Å². The summed E-state index contributed by atoms with van der Waals surface area (Å²) in [5, 5.41) is 0. The lowest BCUT2D eigenvalue weighted by molar-refractivity contribution is 0.122. The number of nitrogens with zero attached hydrogens (tertiary/aromatic N) is 5. The fourth-order valence-corrected chi connectivity index (χ4v) is 6.86. The highest BCUT2D eigenvalue weighted by Crippen LogP contribution is 2.42. The largest absolute Gasteiger partial charge is 0.378 e. The number of ether oxygens (including phenoxy) is 1. The first-order valence-electron chi connectivity index (χ1n) is 15.3. The van der Waals surface area contributed by atoms with Gasteiger partial charge in [0.1, 0.15) is 5.82 Å². The van der Waals surface area contributed by atoms with Crippen LogP contribution in [0.25, 0.3) is 11.1 Å². The van der Waals surface area contributed by atoms with Gasteiger partial charge in [-0.2, -0.15) is 0 Å². The Hall–Kier alpha value is -3.19. The number of aryl methyl sites for hydroxylation is 2. The van der Waals surface area contributed by atoms with Gasteiger partial charge in [-0.05, 0) is 67.2 Å². The third kappa shape index (κ3) is 5.53. The molecule has 6 nitrogen and oxygen atoms in total. The van der Waals surface area contributed by atoms with E-state index < -0.39 is 0 Å². The van der Waals surface area contributed by atoms with Crippen molar-refractivity contribution < 1.29 is 9.13 Å². The summed E-state index contributed by atoms with van der Waals surface area (Å²) < 4.78 is 20.2. The van der Waals surface area contributed by atoms with Crippen molar-refractivity contribution in [2.45, 2.75) is 66.8 Å². The van der Waals surface area contributed by atoms with Gasteiger partial charge in [0.15, 0.2) is 5.82 Å². The topological polar surface area (TPSA) is 44.7 Å². The number of pyridine rings is 2. The molecule has 0 amide bonds. The first-order chi connectivity index (χ1) is 19.7. The van der Waals surface area contributed by atoms with Crippen LogP contribution < -0.4 is 14.7 Å². The normalized spacial score (nSPS) is 18.9. The monoisotopic (exact) mass is 557 g/mol. The number of halogens is 1. The number of piperidine rings is 1. The van der Waals surface area contributed by atoms with Crippen LogP contribution >= 0.6 is 0 Å². The van der Waals surface area contributed by atoms with E-state index in [0.717, 1.165) is 56.2 Å². The third-order valence-electron chi connectivity index (χ3n) is 9.45. The van der Waals surface area contributed by atoms with E-state index in [1.807, 2.05) is 6.07 Å². The van der Waals surface area contributed by atoms with Crippen LogP contribution in [-0.4, -0.2) is 55.9 Å². The minimum absolute atomic E-state index is 0.265. The van der Waals surface area contributed by atoms with Gasteiger partial charge >= 0.3 is 0 Å². The van der Waals surface area contributed by atoms with Gasteiger partial charge in [0.2, 0.25) is 0 Å². The van der Waals surface area contributed by atoms with Gasteiger partial charge in [-0.15, -0.1) is 0 Å².